The Labute approximate surface area is 184 Å². The molecule has 1 unspecified atom stereocenters. The fourth-order valence-corrected chi connectivity index (χ4v) is 3.85. The maximum Gasteiger partial charge on any atom is 0.278 e. The Morgan fingerprint density at radius 2 is 2.03 bits per heavy atom. The Bertz CT molecular complexity index is 997. The number of ether oxygens (including phenoxy) is 1. The van der Waals surface area contributed by atoms with Gasteiger partial charge < -0.3 is 9.64 Å². The molecule has 3 rings (SSSR count). The molecule has 2 aromatic rings. The van der Waals surface area contributed by atoms with Crippen LogP contribution in [0.15, 0.2) is 42.5 Å². The van der Waals surface area contributed by atoms with Gasteiger partial charge in [0.05, 0.1) is 22.6 Å². The zero-order valence-electron chi connectivity index (χ0n) is 17.3. The predicted molar refractivity (Wildman–Crippen MR) is 117 cm³/mol. The van der Waals surface area contributed by atoms with Gasteiger partial charge in [-0.1, -0.05) is 23.7 Å². The molecule has 0 N–H and O–H groups in total. The molecule has 2 aromatic carbocycles. The van der Waals surface area contributed by atoms with Crippen LogP contribution in [0.25, 0.3) is 6.08 Å². The lowest BCUT2D eigenvalue weighted by Gasteiger charge is -2.39. The summed E-state index contributed by atoms with van der Waals surface area (Å²) in [5, 5.41) is 11.5. The maximum atomic E-state index is 13.1. The molecular weight excluding hydrogens is 425 g/mol. The first kappa shape index (κ1) is 22.7. The highest BCUT2D eigenvalue weighted by Gasteiger charge is 2.26. The molecule has 7 nitrogen and oxygen atoms in total. The SMILES string of the molecule is COc1cc(C=CC(=O)N2CCN(Cc3ccc(F)cc3)CC2C)c([N+](=O)[O-])cc1Cl. The number of carbonyl (C=O) groups excluding carboxylic acids is 1. The first-order valence-corrected chi connectivity index (χ1v) is 10.1. The number of halogens is 2. The molecule has 0 aliphatic carbocycles. The highest BCUT2D eigenvalue weighted by molar-refractivity contribution is 6.32. The van der Waals surface area contributed by atoms with Gasteiger partial charge in [0.1, 0.15) is 11.6 Å². The topological polar surface area (TPSA) is 75.9 Å². The lowest BCUT2D eigenvalue weighted by molar-refractivity contribution is -0.385. The van der Waals surface area contributed by atoms with Gasteiger partial charge in [-0.2, -0.15) is 0 Å². The largest absolute Gasteiger partial charge is 0.495 e. The van der Waals surface area contributed by atoms with Crippen LogP contribution in [0.1, 0.15) is 18.1 Å². The average molecular weight is 448 g/mol. The molecular formula is C22H23ClFN3O4. The minimum atomic E-state index is -0.549. The summed E-state index contributed by atoms with van der Waals surface area (Å²) in [4.78, 5) is 27.5. The van der Waals surface area contributed by atoms with Crippen LogP contribution >= 0.6 is 11.6 Å². The number of rotatable bonds is 6. The number of hydrogen-bond donors (Lipinski definition) is 0. The van der Waals surface area contributed by atoms with Crippen LogP contribution in [-0.2, 0) is 11.3 Å². The predicted octanol–water partition coefficient (Wildman–Crippen LogP) is 4.14. The minimum absolute atomic E-state index is 0.0407. The Hall–Kier alpha value is -2.97. The molecule has 9 heteroatoms. The van der Waals surface area contributed by atoms with Crippen molar-refractivity contribution in [3.63, 3.8) is 0 Å². The van der Waals surface area contributed by atoms with E-state index in [0.717, 1.165) is 5.56 Å². The Kier molecular flexibility index (Phi) is 7.25. The lowest BCUT2D eigenvalue weighted by atomic mass is 10.1. The van der Waals surface area contributed by atoms with Crippen molar-refractivity contribution < 1.29 is 18.8 Å². The third kappa shape index (κ3) is 5.59. The van der Waals surface area contributed by atoms with E-state index < -0.39 is 4.92 Å². The van der Waals surface area contributed by atoms with Gasteiger partial charge in [-0.3, -0.25) is 19.8 Å². The number of nitro benzene ring substituents is 1. The first-order valence-electron chi connectivity index (χ1n) is 9.76. The van der Waals surface area contributed by atoms with Crippen molar-refractivity contribution in [2.75, 3.05) is 26.7 Å². The number of nitro groups is 1. The Balaban J connectivity index is 1.67. The van der Waals surface area contributed by atoms with Crippen LogP contribution in [0.5, 0.6) is 5.75 Å². The molecule has 1 atom stereocenters. The number of piperazine rings is 1. The zero-order valence-corrected chi connectivity index (χ0v) is 18.0. The molecule has 0 radical (unpaired) electrons. The molecule has 1 heterocycles. The Morgan fingerprint density at radius 1 is 1.32 bits per heavy atom. The second-order valence-electron chi connectivity index (χ2n) is 7.38. The van der Waals surface area contributed by atoms with Gasteiger partial charge in [0, 0.05) is 44.4 Å². The molecule has 164 valence electrons. The molecule has 0 spiro atoms. The molecule has 1 amide bonds. The summed E-state index contributed by atoms with van der Waals surface area (Å²) < 4.78 is 18.2. The third-order valence-electron chi connectivity index (χ3n) is 5.22. The summed E-state index contributed by atoms with van der Waals surface area (Å²) >= 11 is 5.98. The number of hydrogen-bond acceptors (Lipinski definition) is 5. The van der Waals surface area contributed by atoms with Crippen molar-refractivity contribution in [3.8, 4) is 5.75 Å². The van der Waals surface area contributed by atoms with Crippen molar-refractivity contribution in [2.45, 2.75) is 19.5 Å². The first-order chi connectivity index (χ1) is 14.8. The number of amides is 1. The van der Waals surface area contributed by atoms with E-state index in [2.05, 4.69) is 4.90 Å². The highest BCUT2D eigenvalue weighted by atomic mass is 35.5. The van der Waals surface area contributed by atoms with Gasteiger partial charge >= 0.3 is 0 Å². The van der Waals surface area contributed by atoms with E-state index in [9.17, 15) is 19.3 Å². The van der Waals surface area contributed by atoms with E-state index >= 15 is 0 Å². The fourth-order valence-electron chi connectivity index (χ4n) is 3.62. The number of nitrogens with zero attached hydrogens (tertiary/aromatic N) is 3. The van der Waals surface area contributed by atoms with Crippen molar-refractivity contribution in [2.24, 2.45) is 0 Å². The molecule has 0 bridgehead atoms. The smallest absolute Gasteiger partial charge is 0.278 e. The minimum Gasteiger partial charge on any atom is -0.495 e. The maximum absolute atomic E-state index is 13.1. The van der Waals surface area contributed by atoms with Gasteiger partial charge in [-0.25, -0.2) is 4.39 Å². The average Bonchev–Trinajstić information content (AvgIpc) is 2.74. The van der Waals surface area contributed by atoms with Crippen molar-refractivity contribution in [1.29, 1.82) is 0 Å². The summed E-state index contributed by atoms with van der Waals surface area (Å²) in [6.45, 7) is 4.51. The van der Waals surface area contributed by atoms with Crippen LogP contribution in [-0.4, -0.2) is 53.4 Å². The summed E-state index contributed by atoms with van der Waals surface area (Å²) in [6.07, 6.45) is 2.75. The van der Waals surface area contributed by atoms with Crippen molar-refractivity contribution in [3.05, 3.63) is 74.6 Å². The molecule has 1 aliphatic heterocycles. The van der Waals surface area contributed by atoms with E-state index in [1.807, 2.05) is 6.92 Å². The molecule has 1 aliphatic rings. The van der Waals surface area contributed by atoms with E-state index in [1.54, 1.807) is 17.0 Å². The van der Waals surface area contributed by atoms with Crippen molar-refractivity contribution >= 4 is 29.3 Å². The molecule has 1 saturated heterocycles. The molecule has 1 fully saturated rings. The van der Waals surface area contributed by atoms with Crippen LogP contribution in [0, 0.1) is 15.9 Å². The van der Waals surface area contributed by atoms with Gasteiger partial charge in [-0.15, -0.1) is 0 Å². The standard InChI is InChI=1S/C22H23ClFN3O4/c1-15-13-25(14-16-3-6-18(24)7-4-16)9-10-26(15)22(28)8-5-17-11-21(31-2)19(23)12-20(17)27(29)30/h3-8,11-12,15H,9-10,13-14H2,1-2H3. The van der Waals surface area contributed by atoms with Crippen LogP contribution in [0.3, 0.4) is 0 Å². The molecule has 31 heavy (non-hydrogen) atoms. The quantitative estimate of drug-likeness (QED) is 0.378. The summed E-state index contributed by atoms with van der Waals surface area (Å²) in [5.41, 5.74) is 1.05. The molecule has 0 saturated carbocycles. The Morgan fingerprint density at radius 3 is 2.65 bits per heavy atom. The normalized spacial score (nSPS) is 17.2. The van der Waals surface area contributed by atoms with E-state index in [1.165, 1.54) is 43.5 Å². The van der Waals surface area contributed by atoms with Gasteiger partial charge in [-0.05, 0) is 36.8 Å². The number of benzene rings is 2. The number of methoxy groups -OCH3 is 1. The van der Waals surface area contributed by atoms with Gasteiger partial charge in [0.2, 0.25) is 5.91 Å². The monoisotopic (exact) mass is 447 g/mol. The summed E-state index contributed by atoms with van der Waals surface area (Å²) in [6, 6.07) is 9.00. The fraction of sp³-hybridized carbons (Fsp3) is 0.318. The van der Waals surface area contributed by atoms with E-state index in [0.29, 0.717) is 31.9 Å². The zero-order chi connectivity index (χ0) is 22.5. The van der Waals surface area contributed by atoms with Crippen LogP contribution < -0.4 is 4.74 Å². The van der Waals surface area contributed by atoms with Crippen LogP contribution in [0.4, 0.5) is 10.1 Å². The summed E-state index contributed by atoms with van der Waals surface area (Å²) in [7, 11) is 1.42. The number of carbonyl (C=O) groups is 1. The lowest BCUT2D eigenvalue weighted by Crippen LogP contribution is -2.53. The summed E-state index contributed by atoms with van der Waals surface area (Å²) in [5.74, 6) is -0.197. The molecule has 0 aromatic heterocycles. The van der Waals surface area contributed by atoms with E-state index in [4.69, 9.17) is 16.3 Å². The third-order valence-corrected chi connectivity index (χ3v) is 5.51. The van der Waals surface area contributed by atoms with Crippen molar-refractivity contribution in [1.82, 2.24) is 9.80 Å². The van der Waals surface area contributed by atoms with Crippen LogP contribution in [0.2, 0.25) is 5.02 Å². The second kappa shape index (κ2) is 9.89. The van der Waals surface area contributed by atoms with E-state index in [-0.39, 0.29) is 34.0 Å². The van der Waals surface area contributed by atoms with Gasteiger partial charge in [0.25, 0.3) is 5.69 Å². The van der Waals surface area contributed by atoms with Gasteiger partial charge in [0.15, 0.2) is 0 Å². The highest BCUT2D eigenvalue weighted by Crippen LogP contribution is 2.33. The second-order valence-corrected chi connectivity index (χ2v) is 7.79.